The number of likely N-dealkylation sites (N-methyl/N-ethyl adjacent to an activating group) is 1. The maximum absolute atomic E-state index is 15.0. The zero-order chi connectivity index (χ0) is 35.6. The van der Waals surface area contributed by atoms with Crippen LogP contribution in [0.2, 0.25) is 0 Å². The van der Waals surface area contributed by atoms with Gasteiger partial charge in [-0.05, 0) is 50.1 Å². The topological polar surface area (TPSA) is 128 Å². The van der Waals surface area contributed by atoms with Crippen LogP contribution in [0.1, 0.15) is 17.8 Å². The number of aryl methyl sites for hydroxylation is 2. The number of carbonyl (C=O) groups excluding carboxylic acids is 1. The van der Waals surface area contributed by atoms with E-state index in [9.17, 15) is 9.18 Å². The minimum Gasteiger partial charge on any atom is -0.494 e. The summed E-state index contributed by atoms with van der Waals surface area (Å²) in [6.45, 7) is 4.92. The molecular formula is C36H36F2N10O3. The Hall–Kier alpha value is -5.70. The van der Waals surface area contributed by atoms with Gasteiger partial charge in [-0.25, -0.2) is 33.4 Å². The molecule has 15 heteroatoms. The van der Waals surface area contributed by atoms with Crippen LogP contribution in [0, 0.1) is 25.5 Å². The summed E-state index contributed by atoms with van der Waals surface area (Å²) in [7, 11) is 4.85. The van der Waals surface area contributed by atoms with E-state index in [2.05, 4.69) is 25.4 Å². The van der Waals surface area contributed by atoms with Crippen molar-refractivity contribution in [3.63, 3.8) is 0 Å². The third kappa shape index (κ3) is 5.57. The van der Waals surface area contributed by atoms with Crippen LogP contribution in [0.3, 0.4) is 0 Å². The molecule has 13 nitrogen and oxygen atoms in total. The fourth-order valence-electron chi connectivity index (χ4n) is 7.32. The quantitative estimate of drug-likeness (QED) is 0.278. The maximum Gasteiger partial charge on any atom is 0.245 e. The Morgan fingerprint density at radius 1 is 0.961 bits per heavy atom. The molecule has 6 heterocycles. The third-order valence-electron chi connectivity index (χ3n) is 9.86. The molecule has 0 unspecified atom stereocenters. The average Bonchev–Trinajstić information content (AvgIpc) is 3.82. The fourth-order valence-corrected chi connectivity index (χ4v) is 7.32. The number of rotatable bonds is 4. The number of hydrogen-bond acceptors (Lipinski definition) is 10. The molecule has 2 aliphatic rings. The van der Waals surface area contributed by atoms with Gasteiger partial charge in [-0.2, -0.15) is 5.10 Å². The summed E-state index contributed by atoms with van der Waals surface area (Å²) >= 11 is 0. The number of nitrogens with one attached hydrogen (secondary N) is 1. The lowest BCUT2D eigenvalue weighted by Gasteiger charge is -2.30. The van der Waals surface area contributed by atoms with E-state index >= 15 is 4.39 Å². The number of pyridine rings is 1. The highest BCUT2D eigenvalue weighted by atomic mass is 19.1. The SMILES string of the molecule is COc1cc(F)ccc1-n1ncc2c(N3C[C@@H]4C[C@H]3C(=O)N(C)C[C@H](OC)Cn3c(C)nc5cc(F)cc(c53)-c3ccc(C)c(n3)N4)ncnc21. The molecule has 0 radical (unpaired) electrons. The molecule has 0 aliphatic carbocycles. The molecule has 0 saturated carbocycles. The first-order valence-electron chi connectivity index (χ1n) is 16.6. The number of hydrogen-bond donors (Lipinski definition) is 1. The number of aromatic nitrogens is 7. The van der Waals surface area contributed by atoms with E-state index in [4.69, 9.17) is 14.5 Å². The second kappa shape index (κ2) is 12.6. The number of ether oxygens (including phenoxy) is 2. The second-order valence-corrected chi connectivity index (χ2v) is 13.1. The van der Waals surface area contributed by atoms with E-state index in [1.807, 2.05) is 35.4 Å². The highest BCUT2D eigenvalue weighted by Gasteiger charge is 2.41. The molecule has 1 fully saturated rings. The van der Waals surface area contributed by atoms with Gasteiger partial charge >= 0.3 is 0 Å². The number of nitrogens with zero attached hydrogens (tertiary/aromatic N) is 9. The van der Waals surface area contributed by atoms with Crippen LogP contribution in [0.5, 0.6) is 5.75 Å². The van der Waals surface area contributed by atoms with Gasteiger partial charge in [0.15, 0.2) is 5.65 Å². The van der Waals surface area contributed by atoms with Crippen molar-refractivity contribution in [2.45, 2.75) is 45.0 Å². The number of imidazole rings is 1. The molecular weight excluding hydrogens is 658 g/mol. The van der Waals surface area contributed by atoms with E-state index in [0.29, 0.717) is 82.8 Å². The maximum atomic E-state index is 15.0. The van der Waals surface area contributed by atoms with Crippen LogP contribution in [0.15, 0.2) is 55.0 Å². The number of carbonyl (C=O) groups is 1. The van der Waals surface area contributed by atoms with E-state index in [1.54, 1.807) is 36.0 Å². The summed E-state index contributed by atoms with van der Waals surface area (Å²) < 4.78 is 44.1. The van der Waals surface area contributed by atoms with Gasteiger partial charge in [-0.3, -0.25) is 4.79 Å². The lowest BCUT2D eigenvalue weighted by Crippen LogP contribution is -2.47. The summed E-state index contributed by atoms with van der Waals surface area (Å²) in [5.41, 5.74) is 4.37. The Morgan fingerprint density at radius 2 is 1.80 bits per heavy atom. The first kappa shape index (κ1) is 32.5. The van der Waals surface area contributed by atoms with E-state index in [1.165, 1.54) is 37.7 Å². The zero-order valence-corrected chi connectivity index (χ0v) is 28.8. The molecule has 2 aromatic carbocycles. The van der Waals surface area contributed by atoms with Crippen molar-refractivity contribution in [2.24, 2.45) is 0 Å². The monoisotopic (exact) mass is 694 g/mol. The number of amides is 1. The molecule has 4 bridgehead atoms. The summed E-state index contributed by atoms with van der Waals surface area (Å²) in [5.74, 6) is 1.20. The molecule has 262 valence electrons. The number of fused-ring (bicyclic) bond motifs is 6. The molecule has 51 heavy (non-hydrogen) atoms. The molecule has 6 aromatic rings. The summed E-state index contributed by atoms with van der Waals surface area (Å²) in [5, 5.41) is 8.80. The molecule has 3 atom stereocenters. The van der Waals surface area contributed by atoms with Crippen molar-refractivity contribution in [3.05, 3.63) is 78.0 Å². The van der Waals surface area contributed by atoms with Crippen LogP contribution in [0.4, 0.5) is 20.4 Å². The van der Waals surface area contributed by atoms with Crippen molar-refractivity contribution in [2.75, 3.05) is 44.6 Å². The van der Waals surface area contributed by atoms with E-state index in [-0.39, 0.29) is 11.9 Å². The van der Waals surface area contributed by atoms with Crippen LogP contribution >= 0.6 is 0 Å². The van der Waals surface area contributed by atoms with Crippen molar-refractivity contribution >= 4 is 39.6 Å². The van der Waals surface area contributed by atoms with Crippen molar-refractivity contribution in [1.29, 1.82) is 0 Å². The van der Waals surface area contributed by atoms with Crippen molar-refractivity contribution < 1.29 is 23.0 Å². The molecule has 2 aliphatic heterocycles. The summed E-state index contributed by atoms with van der Waals surface area (Å²) in [6.07, 6.45) is 3.13. The third-order valence-corrected chi connectivity index (χ3v) is 9.86. The smallest absolute Gasteiger partial charge is 0.245 e. The Labute approximate surface area is 291 Å². The Bertz CT molecular complexity index is 2320. The number of benzene rings is 2. The fraction of sp³-hybridized carbons (Fsp3) is 0.333. The lowest BCUT2D eigenvalue weighted by molar-refractivity contribution is -0.132. The Morgan fingerprint density at radius 3 is 2.61 bits per heavy atom. The predicted molar refractivity (Wildman–Crippen MR) is 187 cm³/mol. The van der Waals surface area contributed by atoms with Gasteiger partial charge in [0.05, 0.1) is 48.1 Å². The van der Waals surface area contributed by atoms with E-state index < -0.39 is 23.8 Å². The molecule has 4 aromatic heterocycles. The van der Waals surface area contributed by atoms with Crippen LogP contribution in [0.25, 0.3) is 39.0 Å². The molecule has 1 saturated heterocycles. The normalized spacial score (nSPS) is 19.4. The van der Waals surface area contributed by atoms with Gasteiger partial charge in [0.2, 0.25) is 5.91 Å². The Balaban J connectivity index is 1.24. The molecule has 1 amide bonds. The zero-order valence-electron chi connectivity index (χ0n) is 28.8. The summed E-state index contributed by atoms with van der Waals surface area (Å²) in [4.78, 5) is 37.0. The van der Waals surface area contributed by atoms with E-state index in [0.717, 1.165) is 11.1 Å². The number of methoxy groups -OCH3 is 2. The molecule has 1 N–H and O–H groups in total. The average molecular weight is 695 g/mol. The van der Waals surface area contributed by atoms with Crippen molar-refractivity contribution in [3.8, 4) is 22.7 Å². The van der Waals surface area contributed by atoms with Gasteiger partial charge in [0, 0.05) is 51.0 Å². The van der Waals surface area contributed by atoms with Gasteiger partial charge in [-0.15, -0.1) is 0 Å². The highest BCUT2D eigenvalue weighted by molar-refractivity contribution is 5.94. The second-order valence-electron chi connectivity index (χ2n) is 13.1. The summed E-state index contributed by atoms with van der Waals surface area (Å²) in [6, 6.07) is 10.1. The largest absolute Gasteiger partial charge is 0.494 e. The predicted octanol–water partition coefficient (Wildman–Crippen LogP) is 4.68. The molecule has 8 rings (SSSR count). The lowest BCUT2D eigenvalue weighted by atomic mass is 10.1. The standard InChI is InChI=1S/C36H36F2N10O3/c1-19-6-8-27-25-10-22(38)11-28-32(25)46(20(2)42-28)17-24(50-4)16-45(3)36(49)30-13-23(43-33(19)44-27)15-47(30)34-26-14-41-48(35(26)40-18-39-34)29-9-7-21(37)12-31(29)51-5/h6-12,14,18,23-24,30H,13,15-17H2,1-5H3,(H,43,44)/t23-,24-,30-/m0/s1. The first-order valence-corrected chi connectivity index (χ1v) is 16.6. The minimum absolute atomic E-state index is 0.107. The van der Waals surface area contributed by atoms with Gasteiger partial charge in [0.25, 0.3) is 0 Å². The first-order chi connectivity index (χ1) is 24.6. The molecule has 0 spiro atoms. The minimum atomic E-state index is -0.603. The highest BCUT2D eigenvalue weighted by Crippen LogP contribution is 2.36. The Kier molecular flexibility index (Phi) is 8.01. The van der Waals surface area contributed by atoms with Crippen LogP contribution < -0.4 is 15.0 Å². The van der Waals surface area contributed by atoms with Gasteiger partial charge in [-0.1, -0.05) is 6.07 Å². The van der Waals surface area contributed by atoms with Crippen molar-refractivity contribution in [1.82, 2.24) is 39.2 Å². The number of halogens is 2. The number of anilines is 2. The van der Waals surface area contributed by atoms with Gasteiger partial charge < -0.3 is 29.2 Å². The van der Waals surface area contributed by atoms with Crippen LogP contribution in [-0.4, -0.2) is 97.6 Å². The van der Waals surface area contributed by atoms with Crippen LogP contribution in [-0.2, 0) is 16.1 Å². The van der Waals surface area contributed by atoms with Gasteiger partial charge in [0.1, 0.15) is 52.9 Å².